The minimum Gasteiger partial charge on any atom is -0.489 e. The average Bonchev–Trinajstić information content (AvgIpc) is 3.25. The van der Waals surface area contributed by atoms with Crippen LogP contribution in [0.15, 0.2) is 48.3 Å². The lowest BCUT2D eigenvalue weighted by Crippen LogP contribution is -2.17. The first-order chi connectivity index (χ1) is 9.17. The van der Waals surface area contributed by atoms with Crippen molar-refractivity contribution in [3.63, 3.8) is 0 Å². The predicted octanol–water partition coefficient (Wildman–Crippen LogP) is 4.60. The van der Waals surface area contributed by atoms with Gasteiger partial charge in [0.15, 0.2) is 0 Å². The van der Waals surface area contributed by atoms with Crippen LogP contribution in [0.2, 0.25) is 0 Å². The first kappa shape index (κ1) is 12.5. The smallest absolute Gasteiger partial charge is 0.129 e. The Hall–Kier alpha value is -1.57. The van der Waals surface area contributed by atoms with Gasteiger partial charge in [-0.3, -0.25) is 0 Å². The third-order valence-corrected chi connectivity index (χ3v) is 4.23. The van der Waals surface area contributed by atoms with Crippen LogP contribution < -0.4 is 0 Å². The number of benzene rings is 1. The molecule has 0 radical (unpaired) electrons. The SMILES string of the molecule is CC1(C2CC2)C=CC(OCc2ccccc2F)=CC1. The van der Waals surface area contributed by atoms with E-state index in [0.29, 0.717) is 17.6 Å². The first-order valence-electron chi connectivity index (χ1n) is 6.93. The number of halogens is 1. The lowest BCUT2D eigenvalue weighted by Gasteiger charge is -2.27. The second kappa shape index (κ2) is 4.84. The van der Waals surface area contributed by atoms with Gasteiger partial charge in [0.1, 0.15) is 18.2 Å². The third-order valence-electron chi connectivity index (χ3n) is 4.23. The fourth-order valence-corrected chi connectivity index (χ4v) is 2.66. The summed E-state index contributed by atoms with van der Waals surface area (Å²) in [6.45, 7) is 2.61. The molecule has 1 nitrogen and oxygen atoms in total. The van der Waals surface area contributed by atoms with Gasteiger partial charge in [0.2, 0.25) is 0 Å². The van der Waals surface area contributed by atoms with Crippen LogP contribution in [0.5, 0.6) is 0 Å². The van der Waals surface area contributed by atoms with Gasteiger partial charge >= 0.3 is 0 Å². The summed E-state index contributed by atoms with van der Waals surface area (Å²) in [7, 11) is 0. The molecule has 0 aromatic heterocycles. The average molecular weight is 258 g/mol. The van der Waals surface area contributed by atoms with Crippen LogP contribution in [0.4, 0.5) is 4.39 Å². The van der Waals surface area contributed by atoms with Crippen LogP contribution in [0.1, 0.15) is 31.7 Å². The van der Waals surface area contributed by atoms with Crippen LogP contribution in [0.3, 0.4) is 0 Å². The highest BCUT2D eigenvalue weighted by atomic mass is 19.1. The van der Waals surface area contributed by atoms with Crippen LogP contribution >= 0.6 is 0 Å². The van der Waals surface area contributed by atoms with E-state index in [9.17, 15) is 4.39 Å². The predicted molar refractivity (Wildman–Crippen MR) is 73.9 cm³/mol. The molecule has 0 heterocycles. The van der Waals surface area contributed by atoms with Crippen LogP contribution in [-0.4, -0.2) is 0 Å². The lowest BCUT2D eigenvalue weighted by molar-refractivity contribution is 0.200. The van der Waals surface area contributed by atoms with Crippen molar-refractivity contribution in [2.24, 2.45) is 11.3 Å². The van der Waals surface area contributed by atoms with Gasteiger partial charge in [-0.2, -0.15) is 0 Å². The highest BCUT2D eigenvalue weighted by molar-refractivity contribution is 5.24. The van der Waals surface area contributed by atoms with Gasteiger partial charge in [0, 0.05) is 5.56 Å². The summed E-state index contributed by atoms with van der Waals surface area (Å²) < 4.78 is 19.1. The van der Waals surface area contributed by atoms with Crippen molar-refractivity contribution in [1.82, 2.24) is 0 Å². The molecule has 2 aliphatic carbocycles. The molecule has 1 aromatic rings. The Morgan fingerprint density at radius 2 is 2.11 bits per heavy atom. The molecular weight excluding hydrogens is 239 g/mol. The van der Waals surface area contributed by atoms with Gasteiger partial charge < -0.3 is 4.74 Å². The Kier molecular flexibility index (Phi) is 3.17. The van der Waals surface area contributed by atoms with E-state index in [2.05, 4.69) is 19.1 Å². The zero-order valence-electron chi connectivity index (χ0n) is 11.2. The molecule has 2 aliphatic rings. The molecule has 0 spiro atoms. The molecule has 1 saturated carbocycles. The molecule has 100 valence electrons. The Bertz CT molecular complexity index is 528. The fraction of sp³-hybridized carbons (Fsp3) is 0.412. The fourth-order valence-electron chi connectivity index (χ4n) is 2.66. The molecule has 1 unspecified atom stereocenters. The quantitative estimate of drug-likeness (QED) is 0.766. The second-order valence-electron chi connectivity index (χ2n) is 5.80. The zero-order chi connectivity index (χ0) is 13.3. The normalized spacial score (nSPS) is 26.1. The van der Waals surface area contributed by atoms with Crippen LogP contribution in [-0.2, 0) is 11.3 Å². The summed E-state index contributed by atoms with van der Waals surface area (Å²) in [5.41, 5.74) is 0.914. The molecule has 1 atom stereocenters. The van der Waals surface area contributed by atoms with Crippen molar-refractivity contribution in [1.29, 1.82) is 0 Å². The molecule has 1 fully saturated rings. The van der Waals surface area contributed by atoms with E-state index in [0.717, 1.165) is 18.1 Å². The molecule has 1 aromatic carbocycles. The number of ether oxygens (including phenoxy) is 1. The van der Waals surface area contributed by atoms with Crippen LogP contribution in [0.25, 0.3) is 0 Å². The Balaban J connectivity index is 1.59. The number of hydrogen-bond donors (Lipinski definition) is 0. The molecule has 0 saturated heterocycles. The van der Waals surface area contributed by atoms with Crippen molar-refractivity contribution < 1.29 is 9.13 Å². The monoisotopic (exact) mass is 258 g/mol. The Morgan fingerprint density at radius 3 is 2.74 bits per heavy atom. The van der Waals surface area contributed by atoms with E-state index in [-0.39, 0.29) is 5.82 Å². The van der Waals surface area contributed by atoms with Gasteiger partial charge in [-0.1, -0.05) is 31.2 Å². The largest absolute Gasteiger partial charge is 0.489 e. The molecule has 0 bridgehead atoms. The second-order valence-corrected chi connectivity index (χ2v) is 5.80. The van der Waals surface area contributed by atoms with Gasteiger partial charge in [0.05, 0.1) is 0 Å². The molecule has 0 N–H and O–H groups in total. The number of hydrogen-bond acceptors (Lipinski definition) is 1. The third kappa shape index (κ3) is 2.73. The van der Waals surface area contributed by atoms with Gasteiger partial charge in [-0.05, 0) is 48.8 Å². The van der Waals surface area contributed by atoms with Gasteiger partial charge in [0.25, 0.3) is 0 Å². The van der Waals surface area contributed by atoms with E-state index < -0.39 is 0 Å². The molecular formula is C17H19FO. The van der Waals surface area contributed by atoms with E-state index in [4.69, 9.17) is 4.74 Å². The molecule has 0 aliphatic heterocycles. The highest BCUT2D eigenvalue weighted by Gasteiger charge is 2.39. The van der Waals surface area contributed by atoms with Gasteiger partial charge in [-0.15, -0.1) is 0 Å². The maximum Gasteiger partial charge on any atom is 0.129 e. The summed E-state index contributed by atoms with van der Waals surface area (Å²) in [6, 6.07) is 6.75. The Labute approximate surface area is 113 Å². The summed E-state index contributed by atoms with van der Waals surface area (Å²) in [5, 5.41) is 0. The Morgan fingerprint density at radius 1 is 1.32 bits per heavy atom. The maximum atomic E-state index is 13.5. The zero-order valence-corrected chi connectivity index (χ0v) is 11.2. The van der Waals surface area contributed by atoms with E-state index in [1.165, 1.54) is 18.9 Å². The summed E-state index contributed by atoms with van der Waals surface area (Å²) in [6.07, 6.45) is 10.2. The standard InChI is InChI=1S/C17H19FO/c1-17(14-6-7-14)10-8-15(9-11-17)19-12-13-4-2-3-5-16(13)18/h2-5,8-10,14H,6-7,11-12H2,1H3. The van der Waals surface area contributed by atoms with Crippen molar-refractivity contribution >= 4 is 0 Å². The highest BCUT2D eigenvalue weighted by Crippen LogP contribution is 2.50. The van der Waals surface area contributed by atoms with Gasteiger partial charge in [-0.25, -0.2) is 4.39 Å². The number of rotatable bonds is 4. The molecule has 2 heteroatoms. The lowest BCUT2D eigenvalue weighted by atomic mass is 9.79. The van der Waals surface area contributed by atoms with Crippen molar-refractivity contribution in [2.45, 2.75) is 32.8 Å². The van der Waals surface area contributed by atoms with Crippen molar-refractivity contribution in [3.8, 4) is 0 Å². The first-order valence-corrected chi connectivity index (χ1v) is 6.93. The van der Waals surface area contributed by atoms with Crippen molar-refractivity contribution in [3.05, 3.63) is 59.6 Å². The van der Waals surface area contributed by atoms with E-state index >= 15 is 0 Å². The topological polar surface area (TPSA) is 9.23 Å². The van der Waals surface area contributed by atoms with Crippen LogP contribution in [0, 0.1) is 17.2 Å². The minimum atomic E-state index is -0.203. The molecule has 0 amide bonds. The minimum absolute atomic E-state index is 0.203. The number of allylic oxidation sites excluding steroid dienone is 3. The molecule has 3 rings (SSSR count). The summed E-state index contributed by atoms with van der Waals surface area (Å²) in [4.78, 5) is 0. The van der Waals surface area contributed by atoms with E-state index in [1.54, 1.807) is 12.1 Å². The summed E-state index contributed by atoms with van der Waals surface area (Å²) >= 11 is 0. The van der Waals surface area contributed by atoms with Crippen molar-refractivity contribution in [2.75, 3.05) is 0 Å². The maximum absolute atomic E-state index is 13.5. The molecule has 19 heavy (non-hydrogen) atoms. The van der Waals surface area contributed by atoms with E-state index in [1.807, 2.05) is 12.1 Å². The summed E-state index contributed by atoms with van der Waals surface area (Å²) in [5.74, 6) is 1.50.